The van der Waals surface area contributed by atoms with Gasteiger partial charge in [0, 0.05) is 45.5 Å². The van der Waals surface area contributed by atoms with Gasteiger partial charge in [-0.1, -0.05) is 12.1 Å². The third-order valence-corrected chi connectivity index (χ3v) is 4.95. The van der Waals surface area contributed by atoms with Crippen LogP contribution in [0.2, 0.25) is 0 Å². The number of aryl methyl sites for hydroxylation is 2. The summed E-state index contributed by atoms with van der Waals surface area (Å²) in [4.78, 5) is 7.13. The van der Waals surface area contributed by atoms with Crippen molar-refractivity contribution in [1.82, 2.24) is 20.4 Å². The van der Waals surface area contributed by atoms with Gasteiger partial charge in [-0.05, 0) is 43.9 Å². The Balaban J connectivity index is 1.51. The number of hydrogen-bond acceptors (Lipinski definition) is 4. The summed E-state index contributed by atoms with van der Waals surface area (Å²) in [5, 5.41) is 11.2. The van der Waals surface area contributed by atoms with Crippen LogP contribution in [0.5, 0.6) is 5.75 Å². The number of hydrogen-bond donors (Lipinski definition) is 2. The fourth-order valence-corrected chi connectivity index (χ4v) is 3.58. The first kappa shape index (κ1) is 20.0. The Morgan fingerprint density at radius 1 is 1.36 bits per heavy atom. The summed E-state index contributed by atoms with van der Waals surface area (Å²) in [6.45, 7) is 5.71. The highest BCUT2D eigenvalue weighted by Gasteiger charge is 2.25. The van der Waals surface area contributed by atoms with Gasteiger partial charge in [-0.2, -0.15) is 5.10 Å². The van der Waals surface area contributed by atoms with E-state index in [1.807, 2.05) is 30.1 Å². The third kappa shape index (κ3) is 5.41. The zero-order chi connectivity index (χ0) is 19.8. The molecule has 2 heterocycles. The molecule has 0 spiro atoms. The summed E-state index contributed by atoms with van der Waals surface area (Å²) < 4.78 is 7.36. The molecule has 0 bridgehead atoms. The summed E-state index contributed by atoms with van der Waals surface area (Å²) in [5.74, 6) is 1.83. The van der Waals surface area contributed by atoms with E-state index in [2.05, 4.69) is 45.9 Å². The molecular formula is C21H32N6O. The Hall–Kier alpha value is -2.70. The Bertz CT molecular complexity index is 772. The first-order valence-corrected chi connectivity index (χ1v) is 10.1. The van der Waals surface area contributed by atoms with Gasteiger partial charge in [0.25, 0.3) is 0 Å². The molecule has 1 aromatic carbocycles. The zero-order valence-electron chi connectivity index (χ0n) is 17.2. The molecule has 1 fully saturated rings. The first-order valence-electron chi connectivity index (χ1n) is 10.1. The lowest BCUT2D eigenvalue weighted by atomic mass is 10.2. The Labute approximate surface area is 167 Å². The number of aromatic nitrogens is 2. The Morgan fingerprint density at radius 2 is 2.21 bits per heavy atom. The van der Waals surface area contributed by atoms with E-state index in [9.17, 15) is 0 Å². The molecule has 1 aliphatic heterocycles. The van der Waals surface area contributed by atoms with Crippen LogP contribution in [0.25, 0.3) is 0 Å². The first-order chi connectivity index (χ1) is 13.7. The molecule has 1 aromatic heterocycles. The molecule has 0 aliphatic carbocycles. The van der Waals surface area contributed by atoms with E-state index in [1.165, 1.54) is 5.56 Å². The molecule has 2 aromatic rings. The van der Waals surface area contributed by atoms with Gasteiger partial charge in [0.05, 0.1) is 19.0 Å². The van der Waals surface area contributed by atoms with Gasteiger partial charge in [0.15, 0.2) is 5.96 Å². The molecule has 1 aliphatic rings. The van der Waals surface area contributed by atoms with E-state index in [-0.39, 0.29) is 0 Å². The molecule has 28 heavy (non-hydrogen) atoms. The van der Waals surface area contributed by atoms with Crippen LogP contribution < -0.4 is 20.3 Å². The minimum atomic E-state index is 0.376. The molecule has 2 N–H and O–H groups in total. The molecule has 0 amide bonds. The van der Waals surface area contributed by atoms with Gasteiger partial charge in [0.1, 0.15) is 5.75 Å². The standard InChI is InChI=1S/C21H32N6O/c1-4-22-21(23-12-7-8-17-14-24-26(2)15-17)25-18-11-13-27(16-18)19-9-5-6-10-20(19)28-3/h5-6,9-10,14-15,18H,4,7-8,11-13,16H2,1-3H3,(H2,22,23,25). The molecule has 1 atom stereocenters. The van der Waals surface area contributed by atoms with Crippen molar-refractivity contribution < 1.29 is 4.74 Å². The minimum absolute atomic E-state index is 0.376. The quantitative estimate of drug-likeness (QED) is 0.415. The van der Waals surface area contributed by atoms with E-state index < -0.39 is 0 Å². The molecule has 7 heteroatoms. The maximum atomic E-state index is 5.51. The highest BCUT2D eigenvalue weighted by molar-refractivity contribution is 5.80. The monoisotopic (exact) mass is 384 g/mol. The second kappa shape index (κ2) is 10.0. The molecular weight excluding hydrogens is 352 g/mol. The molecule has 1 unspecified atom stereocenters. The second-order valence-electron chi connectivity index (χ2n) is 7.13. The minimum Gasteiger partial charge on any atom is -0.495 e. The van der Waals surface area contributed by atoms with E-state index in [4.69, 9.17) is 9.73 Å². The van der Waals surface area contributed by atoms with E-state index >= 15 is 0 Å². The molecule has 0 saturated carbocycles. The Morgan fingerprint density at radius 3 is 2.96 bits per heavy atom. The number of methoxy groups -OCH3 is 1. The SMILES string of the molecule is CCNC(=NCCCc1cnn(C)c1)NC1CCN(c2ccccc2OC)C1. The number of benzene rings is 1. The van der Waals surface area contributed by atoms with Crippen LogP contribution in [0.1, 0.15) is 25.3 Å². The van der Waals surface area contributed by atoms with Gasteiger partial charge in [-0.15, -0.1) is 0 Å². The van der Waals surface area contributed by atoms with Crippen LogP contribution in [-0.4, -0.2) is 55.1 Å². The number of para-hydroxylation sites is 2. The normalized spacial score (nSPS) is 17.0. The van der Waals surface area contributed by atoms with Crippen molar-refractivity contribution in [2.24, 2.45) is 12.0 Å². The summed E-state index contributed by atoms with van der Waals surface area (Å²) in [6.07, 6.45) is 7.09. The average Bonchev–Trinajstić information content (AvgIpc) is 3.34. The summed E-state index contributed by atoms with van der Waals surface area (Å²) in [7, 11) is 3.68. The Kier molecular flexibility index (Phi) is 7.17. The van der Waals surface area contributed by atoms with Gasteiger partial charge < -0.3 is 20.3 Å². The summed E-state index contributed by atoms with van der Waals surface area (Å²) in [6, 6.07) is 8.59. The van der Waals surface area contributed by atoms with Crippen LogP contribution in [0.4, 0.5) is 5.69 Å². The molecule has 3 rings (SSSR count). The number of nitrogens with one attached hydrogen (secondary N) is 2. The predicted octanol–water partition coefficient (Wildman–Crippen LogP) is 2.20. The van der Waals surface area contributed by atoms with E-state index in [0.717, 1.165) is 62.8 Å². The van der Waals surface area contributed by atoms with Crippen molar-refractivity contribution in [3.8, 4) is 5.75 Å². The van der Waals surface area contributed by atoms with Gasteiger partial charge in [0.2, 0.25) is 0 Å². The van der Waals surface area contributed by atoms with Crippen molar-refractivity contribution in [3.63, 3.8) is 0 Å². The maximum absolute atomic E-state index is 5.51. The van der Waals surface area contributed by atoms with E-state index in [0.29, 0.717) is 6.04 Å². The molecule has 1 saturated heterocycles. The number of anilines is 1. The smallest absolute Gasteiger partial charge is 0.191 e. The number of nitrogens with zero attached hydrogens (tertiary/aromatic N) is 4. The molecule has 152 valence electrons. The van der Waals surface area contributed by atoms with Crippen LogP contribution in [-0.2, 0) is 13.5 Å². The third-order valence-electron chi connectivity index (χ3n) is 4.95. The maximum Gasteiger partial charge on any atom is 0.191 e. The fraction of sp³-hybridized carbons (Fsp3) is 0.524. The molecule has 0 radical (unpaired) electrons. The van der Waals surface area contributed by atoms with Crippen molar-refractivity contribution in [2.45, 2.75) is 32.2 Å². The average molecular weight is 385 g/mol. The van der Waals surface area contributed by atoms with Crippen LogP contribution in [0.15, 0.2) is 41.7 Å². The summed E-state index contributed by atoms with van der Waals surface area (Å²) in [5.41, 5.74) is 2.42. The van der Waals surface area contributed by atoms with Gasteiger partial charge in [-0.25, -0.2) is 0 Å². The fourth-order valence-electron chi connectivity index (χ4n) is 3.58. The van der Waals surface area contributed by atoms with Gasteiger partial charge in [-0.3, -0.25) is 9.67 Å². The lowest BCUT2D eigenvalue weighted by Crippen LogP contribution is -2.44. The van der Waals surface area contributed by atoms with Crippen molar-refractivity contribution in [2.75, 3.05) is 38.2 Å². The lowest BCUT2D eigenvalue weighted by molar-refractivity contribution is 0.415. The predicted molar refractivity (Wildman–Crippen MR) is 114 cm³/mol. The van der Waals surface area contributed by atoms with Crippen LogP contribution in [0.3, 0.4) is 0 Å². The topological polar surface area (TPSA) is 66.7 Å². The largest absolute Gasteiger partial charge is 0.495 e. The van der Waals surface area contributed by atoms with Crippen molar-refractivity contribution in [3.05, 3.63) is 42.2 Å². The zero-order valence-corrected chi connectivity index (χ0v) is 17.2. The van der Waals surface area contributed by atoms with E-state index in [1.54, 1.807) is 7.11 Å². The number of rotatable bonds is 8. The van der Waals surface area contributed by atoms with Crippen LogP contribution >= 0.6 is 0 Å². The molecule has 7 nitrogen and oxygen atoms in total. The van der Waals surface area contributed by atoms with Crippen LogP contribution in [0, 0.1) is 0 Å². The second-order valence-corrected chi connectivity index (χ2v) is 7.13. The number of guanidine groups is 1. The highest BCUT2D eigenvalue weighted by Crippen LogP contribution is 2.30. The van der Waals surface area contributed by atoms with Gasteiger partial charge >= 0.3 is 0 Å². The lowest BCUT2D eigenvalue weighted by Gasteiger charge is -2.22. The highest BCUT2D eigenvalue weighted by atomic mass is 16.5. The summed E-state index contributed by atoms with van der Waals surface area (Å²) >= 11 is 0. The van der Waals surface area contributed by atoms with Crippen molar-refractivity contribution in [1.29, 1.82) is 0 Å². The number of aliphatic imine (C=N–C) groups is 1. The number of ether oxygens (including phenoxy) is 1. The van der Waals surface area contributed by atoms with Crippen molar-refractivity contribution >= 4 is 11.6 Å².